The van der Waals surface area contributed by atoms with Gasteiger partial charge in [-0.15, -0.1) is 0 Å². The van der Waals surface area contributed by atoms with Gasteiger partial charge in [0.05, 0.1) is 0 Å². The molecule has 1 rings (SSSR count). The molecule has 0 spiro atoms. The van der Waals surface area contributed by atoms with Crippen LogP contribution in [-0.2, 0) is 4.58 Å². The monoisotopic (exact) mass is 298 g/mol. The molecule has 0 bridgehead atoms. The quantitative estimate of drug-likeness (QED) is 0.519. The Balaban J connectivity index is 3.40. The van der Waals surface area contributed by atoms with Crippen LogP contribution in [0, 0.1) is 20.8 Å². The van der Waals surface area contributed by atoms with Gasteiger partial charge >= 0.3 is 5.97 Å². The van der Waals surface area contributed by atoms with E-state index in [-0.39, 0.29) is 5.56 Å². The summed E-state index contributed by atoms with van der Waals surface area (Å²) in [7, 11) is -1.21. The van der Waals surface area contributed by atoms with Gasteiger partial charge in [0.1, 0.15) is 5.56 Å². The Bertz CT molecular complexity index is 519. The first kappa shape index (κ1) is 15.9. The summed E-state index contributed by atoms with van der Waals surface area (Å²) in [6.07, 6.45) is 0. The SMILES string of the molecule is Cc1c(C)c([SiH3])c(C(=O)O)c(OO[Si](C)(C)C)c1C. The highest BCUT2D eigenvalue weighted by Crippen LogP contribution is 2.28. The molecule has 0 aliphatic rings. The van der Waals surface area contributed by atoms with Gasteiger partial charge in [-0.25, -0.2) is 9.37 Å². The van der Waals surface area contributed by atoms with E-state index in [1.807, 2.05) is 40.4 Å². The van der Waals surface area contributed by atoms with Gasteiger partial charge in [-0.05, 0) is 62.3 Å². The predicted molar refractivity (Wildman–Crippen MR) is 82.2 cm³/mol. The largest absolute Gasteiger partial charge is 0.478 e. The van der Waals surface area contributed by atoms with E-state index in [4.69, 9.17) is 9.46 Å². The lowest BCUT2D eigenvalue weighted by Crippen LogP contribution is -2.29. The highest BCUT2D eigenvalue weighted by molar-refractivity contribution is 6.69. The van der Waals surface area contributed by atoms with Gasteiger partial charge < -0.3 is 9.99 Å². The Morgan fingerprint density at radius 1 is 1.11 bits per heavy atom. The van der Waals surface area contributed by atoms with E-state index in [1.54, 1.807) is 0 Å². The fourth-order valence-electron chi connectivity index (χ4n) is 1.81. The number of carboxylic acids is 1. The predicted octanol–water partition coefficient (Wildman–Crippen LogP) is 1.45. The van der Waals surface area contributed by atoms with Gasteiger partial charge in [0.25, 0.3) is 0 Å². The van der Waals surface area contributed by atoms with Gasteiger partial charge in [0.2, 0.25) is 8.32 Å². The van der Waals surface area contributed by atoms with Crippen molar-refractivity contribution < 1.29 is 19.4 Å². The summed E-state index contributed by atoms with van der Waals surface area (Å²) in [5, 5.41) is 10.3. The number of rotatable bonds is 4. The summed E-state index contributed by atoms with van der Waals surface area (Å²) < 4.78 is 5.43. The summed E-state index contributed by atoms with van der Waals surface area (Å²) in [5.74, 6) is -0.589. The van der Waals surface area contributed by atoms with Crippen molar-refractivity contribution in [3.8, 4) is 5.75 Å². The first-order valence-electron chi connectivity index (χ1n) is 6.25. The molecule has 106 valence electrons. The second-order valence-corrected chi connectivity index (χ2v) is 11.2. The van der Waals surface area contributed by atoms with Gasteiger partial charge in [-0.2, -0.15) is 0 Å². The second kappa shape index (κ2) is 5.48. The van der Waals surface area contributed by atoms with Crippen LogP contribution in [0.15, 0.2) is 0 Å². The van der Waals surface area contributed by atoms with Crippen LogP contribution in [0.25, 0.3) is 0 Å². The van der Waals surface area contributed by atoms with E-state index >= 15 is 0 Å². The fourth-order valence-corrected chi connectivity index (χ4v) is 2.96. The minimum Gasteiger partial charge on any atom is -0.478 e. The summed E-state index contributed by atoms with van der Waals surface area (Å²) >= 11 is 0. The van der Waals surface area contributed by atoms with Crippen molar-refractivity contribution in [2.75, 3.05) is 0 Å². The molecule has 0 aliphatic carbocycles. The number of carbonyl (C=O) groups is 1. The minimum absolute atomic E-state index is 0.255. The lowest BCUT2D eigenvalue weighted by Gasteiger charge is -2.21. The van der Waals surface area contributed by atoms with Gasteiger partial charge in [-0.1, -0.05) is 0 Å². The smallest absolute Gasteiger partial charge is 0.339 e. The molecule has 1 aromatic carbocycles. The van der Waals surface area contributed by atoms with E-state index in [9.17, 15) is 9.90 Å². The Morgan fingerprint density at radius 2 is 1.63 bits per heavy atom. The molecule has 0 atom stereocenters. The third kappa shape index (κ3) is 3.46. The molecule has 0 amide bonds. The molecule has 0 saturated carbocycles. The maximum atomic E-state index is 11.5. The lowest BCUT2D eigenvalue weighted by molar-refractivity contribution is -0.112. The van der Waals surface area contributed by atoms with Crippen LogP contribution in [-0.4, -0.2) is 29.6 Å². The number of hydrogen-bond acceptors (Lipinski definition) is 3. The first-order chi connectivity index (χ1) is 8.56. The normalized spacial score (nSPS) is 11.7. The van der Waals surface area contributed by atoms with Crippen LogP contribution >= 0.6 is 0 Å². The third-order valence-corrected chi connectivity index (χ3v) is 5.05. The van der Waals surface area contributed by atoms with Crippen molar-refractivity contribution in [1.29, 1.82) is 0 Å². The van der Waals surface area contributed by atoms with Gasteiger partial charge in [-0.3, -0.25) is 0 Å². The molecule has 0 fully saturated rings. The average molecular weight is 298 g/mol. The Morgan fingerprint density at radius 3 is 2.05 bits per heavy atom. The van der Waals surface area contributed by atoms with Crippen molar-refractivity contribution >= 4 is 29.7 Å². The van der Waals surface area contributed by atoms with Crippen molar-refractivity contribution in [3.63, 3.8) is 0 Å². The zero-order valence-corrected chi connectivity index (χ0v) is 15.7. The van der Waals surface area contributed by atoms with Crippen LogP contribution in [0.4, 0.5) is 0 Å². The number of aromatic carboxylic acids is 1. The topological polar surface area (TPSA) is 55.8 Å². The summed E-state index contributed by atoms with van der Waals surface area (Å²) in [6.45, 7) is 11.8. The molecular formula is C13H22O4Si2. The first-order valence-corrected chi connectivity index (χ1v) is 10.7. The van der Waals surface area contributed by atoms with Crippen LogP contribution in [0.3, 0.4) is 0 Å². The van der Waals surface area contributed by atoms with E-state index < -0.39 is 14.3 Å². The van der Waals surface area contributed by atoms with Crippen molar-refractivity contribution in [2.24, 2.45) is 0 Å². The van der Waals surface area contributed by atoms with E-state index in [2.05, 4.69) is 0 Å². The van der Waals surface area contributed by atoms with E-state index in [0.29, 0.717) is 16.0 Å². The summed E-state index contributed by atoms with van der Waals surface area (Å²) in [6, 6.07) is 0. The number of carboxylic acid groups (broad SMARTS) is 1. The highest BCUT2D eigenvalue weighted by atomic mass is 28.4. The number of benzene rings is 1. The van der Waals surface area contributed by atoms with Crippen molar-refractivity contribution in [1.82, 2.24) is 0 Å². The molecule has 0 saturated heterocycles. The molecule has 4 nitrogen and oxygen atoms in total. The molecule has 1 aromatic rings. The zero-order valence-electron chi connectivity index (χ0n) is 12.7. The van der Waals surface area contributed by atoms with Gasteiger partial charge in [0.15, 0.2) is 5.75 Å². The van der Waals surface area contributed by atoms with Crippen LogP contribution in [0.1, 0.15) is 27.0 Å². The molecule has 0 radical (unpaired) electrons. The molecule has 19 heavy (non-hydrogen) atoms. The Hall–Kier alpha value is -1.12. The maximum absolute atomic E-state index is 11.5. The summed E-state index contributed by atoms with van der Waals surface area (Å²) in [4.78, 5) is 16.9. The number of hydrogen-bond donors (Lipinski definition) is 1. The minimum atomic E-state index is -1.87. The van der Waals surface area contributed by atoms with Crippen molar-refractivity contribution in [2.45, 2.75) is 40.4 Å². The molecule has 1 N–H and O–H groups in total. The molecule has 0 aliphatic heterocycles. The molecule has 6 heteroatoms. The highest BCUT2D eigenvalue weighted by Gasteiger charge is 2.25. The molecular weight excluding hydrogens is 276 g/mol. The maximum Gasteiger partial charge on any atom is 0.339 e. The van der Waals surface area contributed by atoms with E-state index in [1.165, 1.54) is 0 Å². The Labute approximate surface area is 118 Å². The second-order valence-electron chi connectivity index (χ2n) is 5.79. The summed E-state index contributed by atoms with van der Waals surface area (Å²) in [5.41, 5.74) is 3.21. The molecule has 0 aromatic heterocycles. The van der Waals surface area contributed by atoms with Crippen LogP contribution in [0.5, 0.6) is 5.75 Å². The molecule has 0 heterocycles. The zero-order chi connectivity index (χ0) is 15.0. The van der Waals surface area contributed by atoms with Crippen LogP contribution in [0.2, 0.25) is 19.6 Å². The van der Waals surface area contributed by atoms with Crippen molar-refractivity contribution in [3.05, 3.63) is 22.3 Å². The van der Waals surface area contributed by atoms with Crippen LogP contribution < -0.4 is 10.1 Å². The average Bonchev–Trinajstić information content (AvgIpc) is 2.27. The van der Waals surface area contributed by atoms with E-state index in [0.717, 1.165) is 21.9 Å². The lowest BCUT2D eigenvalue weighted by atomic mass is 9.98. The standard InChI is InChI=1S/C13H22O4Si2/c1-7-8(2)11(16-17-19(4,5)6)10(13(14)15)12(18)9(7)3/h1-6,18H3,(H,14,15). The Kier molecular flexibility index (Phi) is 4.60. The molecule has 0 unspecified atom stereocenters. The fraction of sp³-hybridized carbons (Fsp3) is 0.462. The third-order valence-electron chi connectivity index (χ3n) is 3.22. The van der Waals surface area contributed by atoms with Gasteiger partial charge in [0, 0.05) is 10.2 Å².